The number of rotatable bonds is 7. The van der Waals surface area contributed by atoms with E-state index in [1.807, 2.05) is 6.07 Å². The fourth-order valence-corrected chi connectivity index (χ4v) is 3.99. The smallest absolute Gasteiger partial charge is 0.338 e. The van der Waals surface area contributed by atoms with Crippen LogP contribution in [0, 0.1) is 11.3 Å². The van der Waals surface area contributed by atoms with Crippen LogP contribution < -0.4 is 15.9 Å². The predicted octanol–water partition coefficient (Wildman–Crippen LogP) is 3.19. The maximum absolute atomic E-state index is 14.2. The Bertz CT molecular complexity index is 1360. The lowest BCUT2D eigenvalue weighted by Gasteiger charge is -2.16. The zero-order valence-corrected chi connectivity index (χ0v) is 20.4. The molecule has 8 nitrogen and oxygen atoms in total. The van der Waals surface area contributed by atoms with Crippen LogP contribution in [0.5, 0.6) is 5.88 Å². The summed E-state index contributed by atoms with van der Waals surface area (Å²) in [5.74, 6) is 0.122. The monoisotopic (exact) mass is 587 g/mol. The summed E-state index contributed by atoms with van der Waals surface area (Å²) < 4.78 is 32.4. The van der Waals surface area contributed by atoms with E-state index in [0.29, 0.717) is 21.7 Å². The van der Waals surface area contributed by atoms with Crippen LogP contribution in [0.3, 0.4) is 0 Å². The molecular formula is C21H17ClF2IN5O3. The minimum atomic E-state index is -3.38. The van der Waals surface area contributed by atoms with Crippen LogP contribution in [0.25, 0.3) is 0 Å². The molecule has 0 saturated carbocycles. The molecule has 172 valence electrons. The molecule has 2 heterocycles. The zero-order valence-electron chi connectivity index (χ0n) is 17.5. The van der Waals surface area contributed by atoms with E-state index in [4.69, 9.17) is 21.6 Å². The number of nitriles is 1. The van der Waals surface area contributed by atoms with Crippen LogP contribution >= 0.6 is 34.2 Å². The van der Waals surface area contributed by atoms with Gasteiger partial charge in [-0.05, 0) is 36.6 Å². The number of halogens is 4. The van der Waals surface area contributed by atoms with Crippen molar-refractivity contribution in [3.05, 3.63) is 84.3 Å². The van der Waals surface area contributed by atoms with Crippen LogP contribution in [0.2, 0.25) is 5.02 Å². The molecule has 0 fully saturated rings. The number of ether oxygens (including phenoxy) is 1. The fraction of sp³-hybridized carbons (Fsp3) is 0.286. The predicted molar refractivity (Wildman–Crippen MR) is 125 cm³/mol. The molecule has 0 atom stereocenters. The summed E-state index contributed by atoms with van der Waals surface area (Å²) in [6.07, 6.45) is 1.14. The van der Waals surface area contributed by atoms with E-state index in [-0.39, 0.29) is 30.8 Å². The minimum Gasteiger partial charge on any atom is -0.480 e. The van der Waals surface area contributed by atoms with Gasteiger partial charge >= 0.3 is 3.93 Å². The highest BCUT2D eigenvalue weighted by molar-refractivity contribution is 14.1. The second kappa shape index (κ2) is 9.96. The number of hydrogen-bond donors (Lipinski definition) is 0. The van der Waals surface area contributed by atoms with Gasteiger partial charge < -0.3 is 4.74 Å². The summed E-state index contributed by atoms with van der Waals surface area (Å²) in [7, 11) is 2.81. The maximum Gasteiger partial charge on any atom is 0.338 e. The Labute approximate surface area is 205 Å². The maximum atomic E-state index is 14.2. The van der Waals surface area contributed by atoms with E-state index in [9.17, 15) is 18.4 Å². The molecule has 0 spiro atoms. The molecule has 0 N–H and O–H groups in total. The van der Waals surface area contributed by atoms with E-state index in [0.717, 1.165) is 38.2 Å². The standard InChI is InChI=1S/C21H17ClF2IN5O3/c1-29-17(31)8-14(19(28-29)33-2)10-30-11-27-18(21(23,24)25)16(20(30)32)4-3-12-5-13(9-26)7-15(22)6-12/h5-8,11H,3-4,10H2,1-2H3. The van der Waals surface area contributed by atoms with Crippen LogP contribution in [0.15, 0.2) is 40.2 Å². The lowest BCUT2D eigenvalue weighted by Crippen LogP contribution is -2.30. The van der Waals surface area contributed by atoms with Gasteiger partial charge in [-0.2, -0.15) is 14.0 Å². The third-order valence-electron chi connectivity index (χ3n) is 4.82. The van der Waals surface area contributed by atoms with E-state index >= 15 is 0 Å². The molecule has 3 rings (SSSR count). The molecule has 1 aromatic carbocycles. The highest BCUT2D eigenvalue weighted by atomic mass is 127. The first-order valence-corrected chi connectivity index (χ1v) is 11.0. The Morgan fingerprint density at radius 1 is 1.24 bits per heavy atom. The molecule has 2 aromatic heterocycles. The Morgan fingerprint density at radius 2 is 1.97 bits per heavy atom. The van der Waals surface area contributed by atoms with Crippen molar-refractivity contribution in [3.63, 3.8) is 0 Å². The number of aryl methyl sites for hydroxylation is 2. The van der Waals surface area contributed by atoms with Crippen molar-refractivity contribution >= 4 is 34.2 Å². The molecule has 0 saturated heterocycles. The lowest BCUT2D eigenvalue weighted by atomic mass is 10.0. The quantitative estimate of drug-likeness (QED) is 0.311. The summed E-state index contributed by atoms with van der Waals surface area (Å²) in [6.45, 7) is -0.145. The first-order chi connectivity index (χ1) is 15.5. The molecule has 0 aliphatic carbocycles. The number of nitrogens with zero attached hydrogens (tertiary/aromatic N) is 5. The molecule has 0 radical (unpaired) electrons. The number of methoxy groups -OCH3 is 1. The fourth-order valence-electron chi connectivity index (χ4n) is 3.27. The number of hydrogen-bond acceptors (Lipinski definition) is 6. The van der Waals surface area contributed by atoms with Crippen molar-refractivity contribution in [1.29, 1.82) is 5.26 Å². The summed E-state index contributed by atoms with van der Waals surface area (Å²) in [5, 5.41) is 13.4. The average Bonchev–Trinajstić information content (AvgIpc) is 2.75. The van der Waals surface area contributed by atoms with Crippen molar-refractivity contribution in [2.75, 3.05) is 7.11 Å². The first-order valence-electron chi connectivity index (χ1n) is 9.49. The van der Waals surface area contributed by atoms with Crippen LogP contribution in [-0.4, -0.2) is 26.4 Å². The van der Waals surface area contributed by atoms with E-state index in [1.54, 1.807) is 12.1 Å². The first kappa shape index (κ1) is 24.8. The molecular weight excluding hydrogens is 571 g/mol. The van der Waals surface area contributed by atoms with Gasteiger partial charge in [0.25, 0.3) is 11.1 Å². The van der Waals surface area contributed by atoms with Gasteiger partial charge in [0.1, 0.15) is 5.69 Å². The summed E-state index contributed by atoms with van der Waals surface area (Å²) in [4.78, 5) is 29.0. The van der Waals surface area contributed by atoms with Gasteiger partial charge in [0, 0.05) is 51.9 Å². The van der Waals surface area contributed by atoms with Gasteiger partial charge in [-0.25, -0.2) is 9.67 Å². The van der Waals surface area contributed by atoms with Crippen molar-refractivity contribution in [3.8, 4) is 11.9 Å². The topological polar surface area (TPSA) is 103 Å². The van der Waals surface area contributed by atoms with Gasteiger partial charge in [0.05, 0.1) is 31.6 Å². The molecule has 33 heavy (non-hydrogen) atoms. The van der Waals surface area contributed by atoms with Gasteiger partial charge in [-0.3, -0.25) is 14.2 Å². The largest absolute Gasteiger partial charge is 0.480 e. The Morgan fingerprint density at radius 3 is 2.61 bits per heavy atom. The van der Waals surface area contributed by atoms with Crippen molar-refractivity contribution in [2.24, 2.45) is 7.05 Å². The highest BCUT2D eigenvalue weighted by Crippen LogP contribution is 2.35. The third kappa shape index (κ3) is 5.75. The van der Waals surface area contributed by atoms with Crippen molar-refractivity contribution in [2.45, 2.75) is 23.3 Å². The molecule has 0 bridgehead atoms. The molecule has 3 aromatic rings. The minimum absolute atomic E-state index is 0.0578. The zero-order chi connectivity index (χ0) is 24.3. The molecule has 0 amide bonds. The Hall–Kier alpha value is -2.85. The van der Waals surface area contributed by atoms with Gasteiger partial charge in [-0.1, -0.05) is 11.6 Å². The SMILES string of the molecule is COc1nn(C)c(=O)cc1Cn1cnc(C(F)(F)I)c(CCc2cc(Cl)cc(C#N)c2)c1=O. The Balaban J connectivity index is 2.03. The lowest BCUT2D eigenvalue weighted by molar-refractivity contribution is 0.120. The average molecular weight is 588 g/mol. The second-order valence-corrected chi connectivity index (χ2v) is 8.89. The Kier molecular flexibility index (Phi) is 7.48. The molecule has 0 unspecified atom stereocenters. The normalized spacial score (nSPS) is 11.3. The van der Waals surface area contributed by atoms with Crippen molar-refractivity contribution in [1.82, 2.24) is 19.3 Å². The van der Waals surface area contributed by atoms with E-state index in [1.165, 1.54) is 26.3 Å². The summed E-state index contributed by atoms with van der Waals surface area (Å²) in [6, 6.07) is 7.91. The third-order valence-corrected chi connectivity index (χ3v) is 5.55. The van der Waals surface area contributed by atoms with Crippen LogP contribution in [-0.2, 0) is 30.4 Å². The number of aromatic nitrogens is 4. The van der Waals surface area contributed by atoms with E-state index < -0.39 is 20.7 Å². The van der Waals surface area contributed by atoms with E-state index in [2.05, 4.69) is 10.1 Å². The second-order valence-electron chi connectivity index (χ2n) is 7.10. The molecule has 12 heteroatoms. The van der Waals surface area contributed by atoms with Crippen molar-refractivity contribution < 1.29 is 13.5 Å². The van der Waals surface area contributed by atoms with Crippen LogP contribution in [0.1, 0.15) is 27.9 Å². The van der Waals surface area contributed by atoms with Gasteiger partial charge in [0.15, 0.2) is 0 Å². The summed E-state index contributed by atoms with van der Waals surface area (Å²) >= 11 is 6.95. The van der Waals surface area contributed by atoms with Crippen LogP contribution in [0.4, 0.5) is 8.78 Å². The highest BCUT2D eigenvalue weighted by Gasteiger charge is 2.33. The molecule has 0 aliphatic heterocycles. The van der Waals surface area contributed by atoms with Gasteiger partial charge in [0.2, 0.25) is 5.88 Å². The number of alkyl halides is 3. The number of benzene rings is 1. The van der Waals surface area contributed by atoms with Gasteiger partial charge in [-0.15, -0.1) is 5.10 Å². The summed E-state index contributed by atoms with van der Waals surface area (Å²) in [5.41, 5.74) is -0.664. The molecule has 0 aliphatic rings.